The first kappa shape index (κ1) is 19.1. The van der Waals surface area contributed by atoms with Crippen molar-refractivity contribution in [2.75, 3.05) is 0 Å². The molecule has 2 heterocycles. The van der Waals surface area contributed by atoms with E-state index in [1.54, 1.807) is 4.90 Å². The Balaban J connectivity index is 1.48. The molecule has 0 unspecified atom stereocenters. The number of rotatable bonds is 5. The highest BCUT2D eigenvalue weighted by molar-refractivity contribution is 6.02. The lowest BCUT2D eigenvalue weighted by Gasteiger charge is -2.36. The maximum Gasteiger partial charge on any atom is 0.271 e. The molecule has 0 aliphatic carbocycles. The van der Waals surface area contributed by atoms with Crippen molar-refractivity contribution >= 4 is 22.7 Å². The van der Waals surface area contributed by atoms with Gasteiger partial charge in [0.2, 0.25) is 5.91 Å². The number of nitrogens with one attached hydrogen (secondary N) is 1. The van der Waals surface area contributed by atoms with Gasteiger partial charge < -0.3 is 14.8 Å². The number of amides is 2. The van der Waals surface area contributed by atoms with Crippen molar-refractivity contribution in [1.82, 2.24) is 14.8 Å². The third-order valence-electron chi connectivity index (χ3n) is 5.83. The van der Waals surface area contributed by atoms with Crippen LogP contribution in [-0.4, -0.2) is 27.3 Å². The van der Waals surface area contributed by atoms with Crippen LogP contribution < -0.4 is 5.32 Å². The molecule has 3 aromatic carbocycles. The zero-order valence-electron chi connectivity index (χ0n) is 17.1. The van der Waals surface area contributed by atoms with E-state index in [9.17, 15) is 9.59 Å². The summed E-state index contributed by atoms with van der Waals surface area (Å²) >= 11 is 0. The van der Waals surface area contributed by atoms with Crippen LogP contribution in [-0.2, 0) is 24.4 Å². The van der Waals surface area contributed by atoms with E-state index in [0.29, 0.717) is 25.3 Å². The summed E-state index contributed by atoms with van der Waals surface area (Å²) in [6.45, 7) is 1.26. The molecule has 5 nitrogen and oxygen atoms in total. The van der Waals surface area contributed by atoms with Gasteiger partial charge in [-0.05, 0) is 23.3 Å². The van der Waals surface area contributed by atoms with E-state index in [0.717, 1.165) is 22.0 Å². The first-order valence-electron chi connectivity index (χ1n) is 10.5. The minimum Gasteiger partial charge on any atom is -0.350 e. The monoisotopic (exact) mass is 409 g/mol. The largest absolute Gasteiger partial charge is 0.350 e. The number of nitrogens with zero attached hydrogens (tertiary/aromatic N) is 2. The number of benzene rings is 3. The molecule has 2 amide bonds. The molecule has 1 N–H and O–H groups in total. The van der Waals surface area contributed by atoms with Crippen LogP contribution >= 0.6 is 0 Å². The van der Waals surface area contributed by atoms with Crippen LogP contribution in [0.15, 0.2) is 91.0 Å². The summed E-state index contributed by atoms with van der Waals surface area (Å²) in [4.78, 5) is 28.5. The lowest BCUT2D eigenvalue weighted by molar-refractivity contribution is -0.126. The standard InChI is InChI=1S/C26H23N3O2/c30-25(27-16-19-9-3-1-4-10-19)24-18-28-22-14-8-7-13-21(22)15-23(28)26(31)29(24)17-20-11-5-2-6-12-20/h1-15,24H,16-18H2,(H,27,30)/t24-/m0/s1. The van der Waals surface area contributed by atoms with Crippen LogP contribution in [0.3, 0.4) is 0 Å². The number of carbonyl (C=O) groups is 2. The van der Waals surface area contributed by atoms with Gasteiger partial charge in [-0.3, -0.25) is 9.59 Å². The van der Waals surface area contributed by atoms with E-state index in [1.807, 2.05) is 95.6 Å². The van der Waals surface area contributed by atoms with E-state index in [4.69, 9.17) is 0 Å². The predicted molar refractivity (Wildman–Crippen MR) is 120 cm³/mol. The van der Waals surface area contributed by atoms with Gasteiger partial charge in [-0.1, -0.05) is 78.9 Å². The van der Waals surface area contributed by atoms with Gasteiger partial charge in [0, 0.05) is 24.0 Å². The van der Waals surface area contributed by atoms with Crippen LogP contribution in [0.2, 0.25) is 0 Å². The van der Waals surface area contributed by atoms with Crippen LogP contribution in [0.5, 0.6) is 0 Å². The van der Waals surface area contributed by atoms with Gasteiger partial charge in [-0.25, -0.2) is 0 Å². The Labute approximate surface area is 180 Å². The fourth-order valence-electron chi connectivity index (χ4n) is 4.23. The first-order chi connectivity index (χ1) is 15.2. The van der Waals surface area contributed by atoms with E-state index >= 15 is 0 Å². The Morgan fingerprint density at radius 1 is 0.871 bits per heavy atom. The number of hydrogen-bond donors (Lipinski definition) is 1. The van der Waals surface area contributed by atoms with Crippen molar-refractivity contribution < 1.29 is 9.59 Å². The lowest BCUT2D eigenvalue weighted by atomic mass is 10.1. The molecule has 4 aromatic rings. The molecule has 0 spiro atoms. The summed E-state index contributed by atoms with van der Waals surface area (Å²) in [6, 6.07) is 28.9. The van der Waals surface area contributed by atoms with Crippen LogP contribution in [0, 0.1) is 0 Å². The van der Waals surface area contributed by atoms with E-state index in [1.165, 1.54) is 0 Å². The van der Waals surface area contributed by atoms with Crippen molar-refractivity contribution in [3.05, 3.63) is 108 Å². The molecular formula is C26H23N3O2. The Kier molecular flexibility index (Phi) is 5.00. The Morgan fingerprint density at radius 2 is 1.52 bits per heavy atom. The maximum absolute atomic E-state index is 13.5. The average molecular weight is 409 g/mol. The van der Waals surface area contributed by atoms with Gasteiger partial charge >= 0.3 is 0 Å². The molecule has 0 saturated heterocycles. The Bertz CT molecular complexity index is 1230. The smallest absolute Gasteiger partial charge is 0.271 e. The summed E-state index contributed by atoms with van der Waals surface area (Å²) in [7, 11) is 0. The van der Waals surface area contributed by atoms with Gasteiger partial charge in [-0.15, -0.1) is 0 Å². The summed E-state index contributed by atoms with van der Waals surface area (Å²) in [6.07, 6.45) is 0. The van der Waals surface area contributed by atoms with Crippen LogP contribution in [0.25, 0.3) is 10.9 Å². The zero-order chi connectivity index (χ0) is 21.2. The fraction of sp³-hybridized carbons (Fsp3) is 0.154. The SMILES string of the molecule is O=C(NCc1ccccc1)[C@@H]1Cn2c(cc3ccccc32)C(=O)N1Cc1ccccc1. The second-order valence-corrected chi connectivity index (χ2v) is 7.84. The van der Waals surface area contributed by atoms with Crippen molar-refractivity contribution in [3.8, 4) is 0 Å². The molecule has 31 heavy (non-hydrogen) atoms. The maximum atomic E-state index is 13.5. The topological polar surface area (TPSA) is 54.3 Å². The zero-order valence-corrected chi connectivity index (χ0v) is 17.1. The molecule has 0 saturated carbocycles. The highest BCUT2D eigenvalue weighted by atomic mass is 16.2. The Morgan fingerprint density at radius 3 is 2.26 bits per heavy atom. The van der Waals surface area contributed by atoms with Crippen LogP contribution in [0.4, 0.5) is 0 Å². The third-order valence-corrected chi connectivity index (χ3v) is 5.83. The summed E-state index contributed by atoms with van der Waals surface area (Å²) < 4.78 is 1.98. The number of hydrogen-bond acceptors (Lipinski definition) is 2. The number of aromatic nitrogens is 1. The van der Waals surface area contributed by atoms with Crippen molar-refractivity contribution in [3.63, 3.8) is 0 Å². The van der Waals surface area contributed by atoms with Crippen molar-refractivity contribution in [2.24, 2.45) is 0 Å². The van der Waals surface area contributed by atoms with Gasteiger partial charge in [-0.2, -0.15) is 0 Å². The third kappa shape index (κ3) is 3.70. The minimum atomic E-state index is -0.584. The van der Waals surface area contributed by atoms with E-state index < -0.39 is 6.04 Å². The second-order valence-electron chi connectivity index (χ2n) is 7.84. The Hall–Kier alpha value is -3.86. The summed E-state index contributed by atoms with van der Waals surface area (Å²) in [5, 5.41) is 4.04. The molecule has 1 aliphatic rings. The molecule has 1 aromatic heterocycles. The quantitative estimate of drug-likeness (QED) is 0.542. The van der Waals surface area contributed by atoms with Crippen LogP contribution in [0.1, 0.15) is 21.6 Å². The molecule has 154 valence electrons. The molecule has 5 rings (SSSR count). The highest BCUT2D eigenvalue weighted by Crippen LogP contribution is 2.28. The molecule has 0 radical (unpaired) electrons. The average Bonchev–Trinajstić information content (AvgIpc) is 3.19. The van der Waals surface area contributed by atoms with Gasteiger partial charge in [0.25, 0.3) is 5.91 Å². The van der Waals surface area contributed by atoms with Gasteiger partial charge in [0.05, 0.1) is 6.54 Å². The predicted octanol–water partition coefficient (Wildman–Crippen LogP) is 3.98. The van der Waals surface area contributed by atoms with E-state index in [2.05, 4.69) is 5.32 Å². The summed E-state index contributed by atoms with van der Waals surface area (Å²) in [5.41, 5.74) is 3.64. The lowest BCUT2D eigenvalue weighted by Crippen LogP contribution is -2.54. The number of fused-ring (bicyclic) bond motifs is 3. The fourth-order valence-corrected chi connectivity index (χ4v) is 4.23. The summed E-state index contributed by atoms with van der Waals surface area (Å²) in [5.74, 6) is -0.261. The van der Waals surface area contributed by atoms with Crippen molar-refractivity contribution in [1.29, 1.82) is 0 Å². The number of carbonyl (C=O) groups excluding carboxylic acids is 2. The highest BCUT2D eigenvalue weighted by Gasteiger charge is 2.37. The molecule has 5 heteroatoms. The second kappa shape index (κ2) is 8.11. The van der Waals surface area contributed by atoms with Crippen molar-refractivity contribution in [2.45, 2.75) is 25.7 Å². The molecule has 0 bridgehead atoms. The normalized spacial score (nSPS) is 15.7. The molecule has 1 aliphatic heterocycles. The minimum absolute atomic E-state index is 0.119. The number of para-hydroxylation sites is 1. The van der Waals surface area contributed by atoms with E-state index in [-0.39, 0.29) is 11.8 Å². The first-order valence-corrected chi connectivity index (χ1v) is 10.5. The molecule has 1 atom stereocenters. The van der Waals surface area contributed by atoms with Gasteiger partial charge in [0.1, 0.15) is 11.7 Å². The van der Waals surface area contributed by atoms with Gasteiger partial charge in [0.15, 0.2) is 0 Å². The molecular weight excluding hydrogens is 386 g/mol. The molecule has 0 fully saturated rings.